The van der Waals surface area contributed by atoms with Crippen LogP contribution < -0.4 is 5.32 Å². The summed E-state index contributed by atoms with van der Waals surface area (Å²) in [5.41, 5.74) is -1.20. The molecule has 0 aromatic carbocycles. The SMILES string of the molecule is CC(C)CC(O)NC(CO)(CO)CO. The van der Waals surface area contributed by atoms with Crippen molar-refractivity contribution in [2.24, 2.45) is 5.92 Å². The first-order valence-electron chi connectivity index (χ1n) is 4.78. The normalized spacial score (nSPS) is 14.8. The van der Waals surface area contributed by atoms with E-state index in [1.807, 2.05) is 13.8 Å². The van der Waals surface area contributed by atoms with Gasteiger partial charge in [-0.3, -0.25) is 5.32 Å². The smallest absolute Gasteiger partial charge is 0.105 e. The number of hydrogen-bond acceptors (Lipinski definition) is 5. The number of aliphatic hydroxyl groups is 4. The lowest BCUT2D eigenvalue weighted by atomic mass is 10.0. The van der Waals surface area contributed by atoms with E-state index in [4.69, 9.17) is 15.3 Å². The number of hydrogen-bond donors (Lipinski definition) is 5. The summed E-state index contributed by atoms with van der Waals surface area (Å²) in [6.45, 7) is 2.63. The molecule has 0 rings (SSSR count). The molecule has 0 amide bonds. The van der Waals surface area contributed by atoms with Crippen LogP contribution in [-0.4, -0.2) is 52.0 Å². The van der Waals surface area contributed by atoms with Gasteiger partial charge in [0.05, 0.1) is 25.4 Å². The second kappa shape index (κ2) is 6.31. The van der Waals surface area contributed by atoms with E-state index < -0.39 is 31.6 Å². The van der Waals surface area contributed by atoms with E-state index in [0.717, 1.165) is 0 Å². The fraction of sp³-hybridized carbons (Fsp3) is 1.00. The van der Waals surface area contributed by atoms with E-state index in [1.54, 1.807) is 0 Å². The Morgan fingerprint density at radius 3 is 1.79 bits per heavy atom. The Labute approximate surface area is 84.4 Å². The van der Waals surface area contributed by atoms with Crippen molar-refractivity contribution in [2.45, 2.75) is 32.0 Å². The average molecular weight is 207 g/mol. The van der Waals surface area contributed by atoms with Gasteiger partial charge in [-0.25, -0.2) is 0 Å². The first kappa shape index (κ1) is 13.8. The monoisotopic (exact) mass is 207 g/mol. The molecule has 0 saturated carbocycles. The molecule has 0 saturated heterocycles. The predicted octanol–water partition coefficient (Wildman–Crippen LogP) is -1.34. The third-order valence-corrected chi connectivity index (χ3v) is 2.08. The summed E-state index contributed by atoms with van der Waals surface area (Å²) in [5, 5.41) is 39.0. The van der Waals surface area contributed by atoms with E-state index in [0.29, 0.717) is 12.3 Å². The first-order valence-corrected chi connectivity index (χ1v) is 4.78. The summed E-state index contributed by atoms with van der Waals surface area (Å²) in [7, 11) is 0. The summed E-state index contributed by atoms with van der Waals surface area (Å²) in [6.07, 6.45) is -0.330. The highest BCUT2D eigenvalue weighted by atomic mass is 16.3. The average Bonchev–Trinajstić information content (AvgIpc) is 2.13. The van der Waals surface area contributed by atoms with E-state index in [-0.39, 0.29) is 0 Å². The number of rotatable bonds is 7. The fourth-order valence-corrected chi connectivity index (χ4v) is 1.15. The van der Waals surface area contributed by atoms with Gasteiger partial charge in [-0.1, -0.05) is 13.8 Å². The zero-order valence-corrected chi connectivity index (χ0v) is 8.77. The number of nitrogens with one attached hydrogen (secondary N) is 1. The summed E-state index contributed by atoms with van der Waals surface area (Å²) in [6, 6.07) is 0. The zero-order chi connectivity index (χ0) is 11.2. The van der Waals surface area contributed by atoms with Crippen molar-refractivity contribution in [3.8, 4) is 0 Å². The van der Waals surface area contributed by atoms with Crippen LogP contribution in [0.3, 0.4) is 0 Å². The maximum Gasteiger partial charge on any atom is 0.105 e. The summed E-state index contributed by atoms with van der Waals surface area (Å²) < 4.78 is 0. The first-order chi connectivity index (χ1) is 6.49. The lowest BCUT2D eigenvalue weighted by molar-refractivity contribution is -0.0108. The fourth-order valence-electron chi connectivity index (χ4n) is 1.15. The Bertz CT molecular complexity index is 139. The van der Waals surface area contributed by atoms with Crippen molar-refractivity contribution in [3.05, 3.63) is 0 Å². The van der Waals surface area contributed by atoms with Gasteiger partial charge in [-0.05, 0) is 12.3 Å². The van der Waals surface area contributed by atoms with Gasteiger partial charge in [-0.15, -0.1) is 0 Å². The van der Waals surface area contributed by atoms with Gasteiger partial charge in [0, 0.05) is 0 Å². The molecule has 5 nitrogen and oxygen atoms in total. The van der Waals surface area contributed by atoms with Crippen LogP contribution in [0.1, 0.15) is 20.3 Å². The second-order valence-corrected chi connectivity index (χ2v) is 4.04. The Hall–Kier alpha value is -0.200. The van der Waals surface area contributed by atoms with E-state index in [9.17, 15) is 5.11 Å². The highest BCUT2D eigenvalue weighted by Crippen LogP contribution is 2.08. The Morgan fingerprint density at radius 2 is 1.50 bits per heavy atom. The van der Waals surface area contributed by atoms with Crippen molar-refractivity contribution in [3.63, 3.8) is 0 Å². The summed E-state index contributed by atoms with van der Waals surface area (Å²) in [5.74, 6) is 0.297. The minimum atomic E-state index is -1.20. The molecule has 0 heterocycles. The second-order valence-electron chi connectivity index (χ2n) is 4.04. The molecule has 5 heteroatoms. The van der Waals surface area contributed by atoms with Gasteiger partial charge >= 0.3 is 0 Å². The zero-order valence-electron chi connectivity index (χ0n) is 8.77. The summed E-state index contributed by atoms with van der Waals surface area (Å²) in [4.78, 5) is 0. The predicted molar refractivity (Wildman–Crippen MR) is 52.6 cm³/mol. The molecule has 0 fully saturated rings. The van der Waals surface area contributed by atoms with Gasteiger partial charge in [-0.2, -0.15) is 0 Å². The standard InChI is InChI=1S/C9H21NO4/c1-7(2)3-8(14)10-9(4-11,5-12)6-13/h7-8,10-14H,3-6H2,1-2H3. The lowest BCUT2D eigenvalue weighted by Gasteiger charge is -2.32. The van der Waals surface area contributed by atoms with Crippen LogP contribution in [0.4, 0.5) is 0 Å². The topological polar surface area (TPSA) is 93.0 Å². The molecule has 0 radical (unpaired) electrons. The van der Waals surface area contributed by atoms with Crippen molar-refractivity contribution in [1.29, 1.82) is 0 Å². The molecule has 0 spiro atoms. The maximum atomic E-state index is 9.50. The molecule has 0 aliphatic rings. The molecular formula is C9H21NO4. The van der Waals surface area contributed by atoms with Crippen LogP contribution in [0.25, 0.3) is 0 Å². The minimum absolute atomic E-state index is 0.297. The minimum Gasteiger partial charge on any atom is -0.394 e. The van der Waals surface area contributed by atoms with Crippen LogP contribution in [0.15, 0.2) is 0 Å². The van der Waals surface area contributed by atoms with Crippen LogP contribution in [0.5, 0.6) is 0 Å². The lowest BCUT2D eigenvalue weighted by Crippen LogP contribution is -2.58. The highest BCUT2D eigenvalue weighted by molar-refractivity contribution is 4.87. The van der Waals surface area contributed by atoms with Gasteiger partial charge in [0.1, 0.15) is 6.23 Å². The van der Waals surface area contributed by atoms with E-state index in [2.05, 4.69) is 5.32 Å². The van der Waals surface area contributed by atoms with Crippen molar-refractivity contribution < 1.29 is 20.4 Å². The van der Waals surface area contributed by atoms with Gasteiger partial charge in [0.2, 0.25) is 0 Å². The van der Waals surface area contributed by atoms with Crippen LogP contribution in [0, 0.1) is 5.92 Å². The molecule has 0 aromatic rings. The van der Waals surface area contributed by atoms with Gasteiger partial charge < -0.3 is 20.4 Å². The largest absolute Gasteiger partial charge is 0.394 e. The Kier molecular flexibility index (Phi) is 6.22. The van der Waals surface area contributed by atoms with Crippen molar-refractivity contribution >= 4 is 0 Å². The quantitative estimate of drug-likeness (QED) is 0.333. The summed E-state index contributed by atoms with van der Waals surface area (Å²) >= 11 is 0. The van der Waals surface area contributed by atoms with Gasteiger partial charge in [0.15, 0.2) is 0 Å². The van der Waals surface area contributed by atoms with Crippen molar-refractivity contribution in [2.75, 3.05) is 19.8 Å². The Balaban J connectivity index is 4.15. The molecule has 5 N–H and O–H groups in total. The van der Waals surface area contributed by atoms with Crippen LogP contribution in [-0.2, 0) is 0 Å². The van der Waals surface area contributed by atoms with Crippen molar-refractivity contribution in [1.82, 2.24) is 5.32 Å². The van der Waals surface area contributed by atoms with E-state index >= 15 is 0 Å². The third kappa shape index (κ3) is 4.34. The van der Waals surface area contributed by atoms with Gasteiger partial charge in [0.25, 0.3) is 0 Å². The molecule has 0 aromatic heterocycles. The molecule has 86 valence electrons. The molecule has 14 heavy (non-hydrogen) atoms. The Morgan fingerprint density at radius 1 is 1.07 bits per heavy atom. The molecule has 0 aliphatic carbocycles. The highest BCUT2D eigenvalue weighted by Gasteiger charge is 2.30. The number of aliphatic hydroxyl groups excluding tert-OH is 4. The molecule has 0 bridgehead atoms. The molecule has 1 unspecified atom stereocenters. The molecule has 1 atom stereocenters. The third-order valence-electron chi connectivity index (χ3n) is 2.08. The maximum absolute atomic E-state index is 9.50. The molecular weight excluding hydrogens is 186 g/mol. The van der Waals surface area contributed by atoms with Crippen LogP contribution in [0.2, 0.25) is 0 Å². The van der Waals surface area contributed by atoms with Crippen LogP contribution >= 0.6 is 0 Å². The molecule has 0 aliphatic heterocycles. The van der Waals surface area contributed by atoms with E-state index in [1.165, 1.54) is 0 Å².